The maximum atomic E-state index is 13.1. The van der Waals surface area contributed by atoms with E-state index in [0.717, 1.165) is 5.56 Å². The second-order valence-electron chi connectivity index (χ2n) is 6.10. The predicted octanol–water partition coefficient (Wildman–Crippen LogP) is 2.86. The fraction of sp³-hybridized carbons (Fsp3) is 0.350. The minimum atomic E-state index is -0.419. The van der Waals surface area contributed by atoms with E-state index in [1.807, 2.05) is 6.07 Å². The summed E-state index contributed by atoms with van der Waals surface area (Å²) in [4.78, 5) is 13.1. The van der Waals surface area contributed by atoms with Gasteiger partial charge in [0.15, 0.2) is 28.8 Å². The van der Waals surface area contributed by atoms with E-state index in [4.69, 9.17) is 23.7 Å². The lowest BCUT2D eigenvalue weighted by Gasteiger charge is -2.27. The second-order valence-corrected chi connectivity index (χ2v) is 6.10. The smallest absolute Gasteiger partial charge is 0.204 e. The van der Waals surface area contributed by atoms with Gasteiger partial charge in [0.1, 0.15) is 11.3 Å². The number of aromatic hydroxyl groups is 1. The van der Waals surface area contributed by atoms with Crippen molar-refractivity contribution >= 4 is 5.78 Å². The fourth-order valence-electron chi connectivity index (χ4n) is 3.25. The van der Waals surface area contributed by atoms with Crippen LogP contribution in [0, 0.1) is 5.92 Å². The predicted molar refractivity (Wildman–Crippen MR) is 97.8 cm³/mol. The highest BCUT2D eigenvalue weighted by atomic mass is 16.5. The molecule has 2 aromatic carbocycles. The summed E-state index contributed by atoms with van der Waals surface area (Å²) in [5, 5.41) is 9.96. The normalized spacial score (nSPS) is 15.6. The van der Waals surface area contributed by atoms with Crippen LogP contribution in [0.1, 0.15) is 15.9 Å². The van der Waals surface area contributed by atoms with E-state index in [1.165, 1.54) is 28.4 Å². The molecule has 1 heterocycles. The number of fused-ring (bicyclic) bond motifs is 1. The van der Waals surface area contributed by atoms with Crippen molar-refractivity contribution in [1.82, 2.24) is 0 Å². The Morgan fingerprint density at radius 1 is 1.00 bits per heavy atom. The molecule has 0 aromatic heterocycles. The molecule has 0 unspecified atom stereocenters. The molecule has 0 fully saturated rings. The van der Waals surface area contributed by atoms with Crippen molar-refractivity contribution in [2.45, 2.75) is 6.42 Å². The molecule has 1 aliphatic heterocycles. The van der Waals surface area contributed by atoms with Gasteiger partial charge in [0.05, 0.1) is 41.0 Å². The van der Waals surface area contributed by atoms with Crippen LogP contribution in [0.15, 0.2) is 24.3 Å². The molecule has 1 aliphatic rings. The number of ketones is 1. The van der Waals surface area contributed by atoms with Gasteiger partial charge >= 0.3 is 0 Å². The van der Waals surface area contributed by atoms with Gasteiger partial charge in [-0.15, -0.1) is 0 Å². The summed E-state index contributed by atoms with van der Waals surface area (Å²) < 4.78 is 27.0. The van der Waals surface area contributed by atoms with Crippen LogP contribution in [0.5, 0.6) is 34.5 Å². The molecule has 2 aromatic rings. The first kappa shape index (κ1) is 18.7. The molecule has 27 heavy (non-hydrogen) atoms. The van der Waals surface area contributed by atoms with Gasteiger partial charge in [-0.25, -0.2) is 0 Å². The van der Waals surface area contributed by atoms with E-state index in [0.29, 0.717) is 40.7 Å². The van der Waals surface area contributed by atoms with Gasteiger partial charge in [-0.3, -0.25) is 4.79 Å². The van der Waals surface area contributed by atoms with Crippen molar-refractivity contribution < 1.29 is 33.6 Å². The molecule has 1 N–H and O–H groups in total. The molecule has 1 atom stereocenters. The van der Waals surface area contributed by atoms with Crippen LogP contribution in [0.3, 0.4) is 0 Å². The van der Waals surface area contributed by atoms with E-state index in [9.17, 15) is 9.90 Å². The minimum Gasteiger partial charge on any atom is -0.504 e. The molecule has 7 nitrogen and oxygen atoms in total. The average molecular weight is 374 g/mol. The molecule has 0 radical (unpaired) electrons. The number of carbonyl (C=O) groups excluding carboxylic acids is 1. The largest absolute Gasteiger partial charge is 0.504 e. The maximum Gasteiger partial charge on any atom is 0.204 e. The van der Waals surface area contributed by atoms with Crippen molar-refractivity contribution in [3.63, 3.8) is 0 Å². The number of phenols is 1. The summed E-state index contributed by atoms with van der Waals surface area (Å²) in [6, 6.07) is 6.70. The van der Waals surface area contributed by atoms with Crippen molar-refractivity contribution in [2.24, 2.45) is 5.92 Å². The highest BCUT2D eigenvalue weighted by Crippen LogP contribution is 2.47. The van der Waals surface area contributed by atoms with E-state index in [-0.39, 0.29) is 18.1 Å². The second kappa shape index (κ2) is 7.65. The molecule has 0 saturated heterocycles. The van der Waals surface area contributed by atoms with Crippen LogP contribution in [0.2, 0.25) is 0 Å². The maximum absolute atomic E-state index is 13.1. The van der Waals surface area contributed by atoms with E-state index >= 15 is 0 Å². The van der Waals surface area contributed by atoms with Crippen molar-refractivity contribution in [3.05, 3.63) is 35.4 Å². The number of rotatable bonds is 6. The summed E-state index contributed by atoms with van der Waals surface area (Å²) >= 11 is 0. The SMILES string of the molecule is COc1ccc(C[C@@H]2COc3cc(OC)c(OC)c(OC)c3C2=O)cc1O. The van der Waals surface area contributed by atoms with Gasteiger partial charge in [0.2, 0.25) is 5.75 Å². The van der Waals surface area contributed by atoms with Crippen LogP contribution in [0.4, 0.5) is 0 Å². The molecule has 7 heteroatoms. The van der Waals surface area contributed by atoms with Gasteiger partial charge in [0, 0.05) is 6.07 Å². The van der Waals surface area contributed by atoms with Crippen molar-refractivity contribution in [1.29, 1.82) is 0 Å². The standard InChI is InChI=1S/C20H22O7/c1-23-14-6-5-11(8-13(14)21)7-12-10-27-15-9-16(24-2)19(25-3)20(26-4)17(15)18(12)22/h5-6,8-9,12,21H,7,10H2,1-4H3/t12-/m1/s1. The Kier molecular flexibility index (Phi) is 5.30. The summed E-state index contributed by atoms with van der Waals surface area (Å²) in [6.45, 7) is 0.220. The fourth-order valence-corrected chi connectivity index (χ4v) is 3.25. The summed E-state index contributed by atoms with van der Waals surface area (Å²) in [5.41, 5.74) is 1.14. The Morgan fingerprint density at radius 2 is 1.70 bits per heavy atom. The first-order valence-electron chi connectivity index (χ1n) is 8.39. The van der Waals surface area contributed by atoms with Crippen LogP contribution in [-0.4, -0.2) is 45.9 Å². The molecule has 0 spiro atoms. The minimum absolute atomic E-state index is 0.0311. The molecule has 0 amide bonds. The van der Waals surface area contributed by atoms with Crippen LogP contribution < -0.4 is 23.7 Å². The highest BCUT2D eigenvalue weighted by Gasteiger charge is 2.35. The Labute approximate surface area is 157 Å². The number of benzene rings is 2. The Bertz CT molecular complexity index is 860. The van der Waals surface area contributed by atoms with E-state index < -0.39 is 5.92 Å². The Morgan fingerprint density at radius 3 is 2.30 bits per heavy atom. The third kappa shape index (κ3) is 3.32. The number of hydrogen-bond acceptors (Lipinski definition) is 7. The molecular formula is C20H22O7. The number of Topliss-reactive ketones (excluding diaryl/α,β-unsaturated/α-hetero) is 1. The molecule has 0 saturated carbocycles. The Hall–Kier alpha value is -3.09. The average Bonchev–Trinajstić information content (AvgIpc) is 2.68. The zero-order valence-electron chi connectivity index (χ0n) is 15.7. The summed E-state index contributed by atoms with van der Waals surface area (Å²) in [7, 11) is 5.94. The van der Waals surface area contributed by atoms with Crippen LogP contribution >= 0.6 is 0 Å². The third-order valence-electron chi connectivity index (χ3n) is 4.58. The number of ether oxygens (including phenoxy) is 5. The monoisotopic (exact) mass is 374 g/mol. The topological polar surface area (TPSA) is 83.5 Å². The van der Waals surface area contributed by atoms with Crippen molar-refractivity contribution in [2.75, 3.05) is 35.0 Å². The number of methoxy groups -OCH3 is 4. The summed E-state index contributed by atoms with van der Waals surface area (Å²) in [5.74, 6) is 1.36. The van der Waals surface area contributed by atoms with Gasteiger partial charge in [-0.05, 0) is 24.1 Å². The number of hydrogen-bond donors (Lipinski definition) is 1. The van der Waals surface area contributed by atoms with Gasteiger partial charge < -0.3 is 28.8 Å². The molecule has 0 bridgehead atoms. The number of carbonyl (C=O) groups is 1. The van der Waals surface area contributed by atoms with Crippen LogP contribution in [0.25, 0.3) is 0 Å². The first-order chi connectivity index (χ1) is 13.0. The van der Waals surface area contributed by atoms with E-state index in [2.05, 4.69) is 0 Å². The number of phenolic OH excluding ortho intramolecular Hbond substituents is 1. The third-order valence-corrected chi connectivity index (χ3v) is 4.58. The lowest BCUT2D eigenvalue weighted by atomic mass is 9.88. The van der Waals surface area contributed by atoms with Crippen molar-refractivity contribution in [3.8, 4) is 34.5 Å². The van der Waals surface area contributed by atoms with Gasteiger partial charge in [-0.2, -0.15) is 0 Å². The lowest BCUT2D eigenvalue weighted by Crippen LogP contribution is -2.30. The quantitative estimate of drug-likeness (QED) is 0.832. The lowest BCUT2D eigenvalue weighted by molar-refractivity contribution is 0.0823. The molecule has 0 aliphatic carbocycles. The highest BCUT2D eigenvalue weighted by molar-refractivity contribution is 6.05. The zero-order valence-corrected chi connectivity index (χ0v) is 15.7. The zero-order chi connectivity index (χ0) is 19.6. The summed E-state index contributed by atoms with van der Waals surface area (Å²) in [6.07, 6.45) is 0.410. The van der Waals surface area contributed by atoms with Crippen LogP contribution in [-0.2, 0) is 6.42 Å². The van der Waals surface area contributed by atoms with Gasteiger partial charge in [0.25, 0.3) is 0 Å². The Balaban J connectivity index is 1.95. The van der Waals surface area contributed by atoms with Gasteiger partial charge in [-0.1, -0.05) is 6.07 Å². The van der Waals surface area contributed by atoms with E-state index in [1.54, 1.807) is 18.2 Å². The molecule has 3 rings (SSSR count). The molecular weight excluding hydrogens is 352 g/mol. The first-order valence-corrected chi connectivity index (χ1v) is 8.39. The molecule has 144 valence electrons.